The van der Waals surface area contributed by atoms with Crippen LogP contribution in [0, 0.1) is 0 Å². The highest BCUT2D eigenvalue weighted by Gasteiger charge is 2.20. The maximum atomic E-state index is 12.0. The molecule has 1 aromatic rings. The Morgan fingerprint density at radius 2 is 2.24 bits per heavy atom. The van der Waals surface area contributed by atoms with E-state index < -0.39 is 6.04 Å². The van der Waals surface area contributed by atoms with Crippen LogP contribution in [0.1, 0.15) is 37.9 Å². The number of amides is 1. The molecule has 0 aliphatic heterocycles. The van der Waals surface area contributed by atoms with Gasteiger partial charge in [-0.1, -0.05) is 25.8 Å². The van der Waals surface area contributed by atoms with Crippen LogP contribution in [0.25, 0.3) is 0 Å². The van der Waals surface area contributed by atoms with E-state index in [2.05, 4.69) is 11.9 Å². The summed E-state index contributed by atoms with van der Waals surface area (Å²) in [6.07, 6.45) is 4.96. The average molecular weight is 235 g/mol. The highest BCUT2D eigenvalue weighted by Crippen LogP contribution is 2.09. The fraction of sp³-hybridized carbons (Fsp3) is 0.538. The average Bonchev–Trinajstić information content (AvgIpc) is 2.38. The number of unbranched alkanes of at least 4 members (excludes halogenated alkanes) is 2. The van der Waals surface area contributed by atoms with Crippen LogP contribution < -0.4 is 5.73 Å². The van der Waals surface area contributed by atoms with Crippen molar-refractivity contribution in [2.24, 2.45) is 5.73 Å². The summed E-state index contributed by atoms with van der Waals surface area (Å²) in [4.78, 5) is 17.8. The van der Waals surface area contributed by atoms with Gasteiger partial charge in [0.1, 0.15) is 6.04 Å². The molecule has 0 bridgehead atoms. The van der Waals surface area contributed by atoms with Crippen molar-refractivity contribution in [1.29, 1.82) is 0 Å². The Labute approximate surface area is 103 Å². The third-order valence-electron chi connectivity index (χ3n) is 2.75. The summed E-state index contributed by atoms with van der Waals surface area (Å²) in [5.41, 5.74) is 6.51. The summed E-state index contributed by atoms with van der Waals surface area (Å²) >= 11 is 0. The second-order valence-corrected chi connectivity index (χ2v) is 4.20. The standard InChI is InChI=1S/C13H21N3O/c1-3-4-7-10-16(2)13(17)12(14)11-8-5-6-9-15-11/h5-6,8-9,12H,3-4,7,10,14H2,1-2H3. The molecule has 1 atom stereocenters. The lowest BCUT2D eigenvalue weighted by Gasteiger charge is -2.20. The minimum absolute atomic E-state index is 0.0696. The first kappa shape index (κ1) is 13.6. The van der Waals surface area contributed by atoms with E-state index in [9.17, 15) is 4.79 Å². The third-order valence-corrected chi connectivity index (χ3v) is 2.75. The second kappa shape index (κ2) is 7.01. The van der Waals surface area contributed by atoms with Gasteiger partial charge < -0.3 is 10.6 Å². The zero-order chi connectivity index (χ0) is 12.7. The van der Waals surface area contributed by atoms with Crippen LogP contribution in [0.15, 0.2) is 24.4 Å². The number of carbonyl (C=O) groups is 1. The molecule has 0 aromatic carbocycles. The number of hydrogen-bond acceptors (Lipinski definition) is 3. The van der Waals surface area contributed by atoms with Crippen molar-refractivity contribution in [3.8, 4) is 0 Å². The molecule has 0 aliphatic carbocycles. The first-order valence-corrected chi connectivity index (χ1v) is 6.08. The smallest absolute Gasteiger partial charge is 0.245 e. The van der Waals surface area contributed by atoms with E-state index >= 15 is 0 Å². The van der Waals surface area contributed by atoms with Gasteiger partial charge in [-0.3, -0.25) is 9.78 Å². The van der Waals surface area contributed by atoms with E-state index in [-0.39, 0.29) is 5.91 Å². The lowest BCUT2D eigenvalue weighted by Crippen LogP contribution is -2.36. The minimum atomic E-state index is -0.650. The Morgan fingerprint density at radius 1 is 1.47 bits per heavy atom. The molecule has 0 spiro atoms. The Hall–Kier alpha value is -1.42. The fourth-order valence-corrected chi connectivity index (χ4v) is 1.63. The monoisotopic (exact) mass is 235 g/mol. The van der Waals surface area contributed by atoms with Gasteiger partial charge in [0, 0.05) is 19.8 Å². The number of rotatable bonds is 6. The van der Waals surface area contributed by atoms with Crippen molar-refractivity contribution >= 4 is 5.91 Å². The van der Waals surface area contributed by atoms with Gasteiger partial charge in [-0.05, 0) is 18.6 Å². The Bertz CT molecular complexity index is 340. The van der Waals surface area contributed by atoms with Gasteiger partial charge in [0.25, 0.3) is 0 Å². The summed E-state index contributed by atoms with van der Waals surface area (Å²) < 4.78 is 0. The first-order chi connectivity index (χ1) is 8.16. The molecule has 1 heterocycles. The SMILES string of the molecule is CCCCCN(C)C(=O)C(N)c1ccccn1. The lowest BCUT2D eigenvalue weighted by molar-refractivity contribution is -0.131. The van der Waals surface area contributed by atoms with Gasteiger partial charge in [-0.15, -0.1) is 0 Å². The van der Waals surface area contributed by atoms with Gasteiger partial charge >= 0.3 is 0 Å². The van der Waals surface area contributed by atoms with E-state index in [1.807, 2.05) is 12.1 Å². The largest absolute Gasteiger partial charge is 0.344 e. The van der Waals surface area contributed by atoms with Gasteiger partial charge in [0.2, 0.25) is 5.91 Å². The first-order valence-electron chi connectivity index (χ1n) is 6.08. The minimum Gasteiger partial charge on any atom is -0.344 e. The van der Waals surface area contributed by atoms with Crippen molar-refractivity contribution < 1.29 is 4.79 Å². The van der Waals surface area contributed by atoms with E-state index in [1.165, 1.54) is 0 Å². The molecule has 0 saturated carbocycles. The molecule has 0 radical (unpaired) electrons. The van der Waals surface area contributed by atoms with Crippen molar-refractivity contribution in [2.75, 3.05) is 13.6 Å². The van der Waals surface area contributed by atoms with Crippen LogP contribution in [-0.4, -0.2) is 29.4 Å². The predicted molar refractivity (Wildman–Crippen MR) is 68.3 cm³/mol. The van der Waals surface area contributed by atoms with Crippen LogP contribution >= 0.6 is 0 Å². The molecule has 0 aliphatic rings. The molecule has 4 heteroatoms. The Morgan fingerprint density at radius 3 is 2.82 bits per heavy atom. The number of nitrogens with zero attached hydrogens (tertiary/aromatic N) is 2. The number of nitrogens with two attached hydrogens (primary N) is 1. The van der Waals surface area contributed by atoms with Crippen molar-refractivity contribution in [2.45, 2.75) is 32.2 Å². The summed E-state index contributed by atoms with van der Waals surface area (Å²) in [6.45, 7) is 2.90. The predicted octanol–water partition coefficient (Wildman–Crippen LogP) is 1.73. The molecular weight excluding hydrogens is 214 g/mol. The number of pyridine rings is 1. The van der Waals surface area contributed by atoms with Crippen molar-refractivity contribution in [1.82, 2.24) is 9.88 Å². The lowest BCUT2D eigenvalue weighted by atomic mass is 10.1. The zero-order valence-electron chi connectivity index (χ0n) is 10.6. The highest BCUT2D eigenvalue weighted by atomic mass is 16.2. The summed E-state index contributed by atoms with van der Waals surface area (Å²) in [6, 6.07) is 4.78. The summed E-state index contributed by atoms with van der Waals surface area (Å²) in [5, 5.41) is 0. The van der Waals surface area contributed by atoms with Crippen LogP contribution in [0.2, 0.25) is 0 Å². The number of carbonyl (C=O) groups excluding carboxylic acids is 1. The third kappa shape index (κ3) is 4.15. The molecule has 0 fully saturated rings. The van der Waals surface area contributed by atoms with E-state index in [0.29, 0.717) is 5.69 Å². The van der Waals surface area contributed by atoms with Crippen LogP contribution in [0.5, 0.6) is 0 Å². The number of hydrogen-bond donors (Lipinski definition) is 1. The van der Waals surface area contributed by atoms with Crippen molar-refractivity contribution in [3.05, 3.63) is 30.1 Å². The highest BCUT2D eigenvalue weighted by molar-refractivity contribution is 5.82. The quantitative estimate of drug-likeness (QED) is 0.764. The molecule has 0 saturated heterocycles. The topological polar surface area (TPSA) is 59.2 Å². The molecular formula is C13H21N3O. The maximum Gasteiger partial charge on any atom is 0.245 e. The summed E-state index contributed by atoms with van der Waals surface area (Å²) in [7, 11) is 1.79. The molecule has 1 unspecified atom stereocenters. The van der Waals surface area contributed by atoms with Gasteiger partial charge in [-0.2, -0.15) is 0 Å². The molecule has 1 aromatic heterocycles. The Kier molecular flexibility index (Phi) is 5.63. The van der Waals surface area contributed by atoms with Crippen molar-refractivity contribution in [3.63, 3.8) is 0 Å². The van der Waals surface area contributed by atoms with E-state index in [4.69, 9.17) is 5.73 Å². The normalized spacial score (nSPS) is 12.2. The maximum absolute atomic E-state index is 12.0. The van der Waals surface area contributed by atoms with E-state index in [0.717, 1.165) is 25.8 Å². The molecule has 1 amide bonds. The zero-order valence-corrected chi connectivity index (χ0v) is 10.6. The Balaban J connectivity index is 2.51. The van der Waals surface area contributed by atoms with Gasteiger partial charge in [0.15, 0.2) is 0 Å². The molecule has 17 heavy (non-hydrogen) atoms. The fourth-order valence-electron chi connectivity index (χ4n) is 1.63. The van der Waals surface area contributed by atoms with Crippen LogP contribution in [-0.2, 0) is 4.79 Å². The molecule has 2 N–H and O–H groups in total. The molecule has 4 nitrogen and oxygen atoms in total. The molecule has 1 rings (SSSR count). The number of aromatic nitrogens is 1. The number of likely N-dealkylation sites (N-methyl/N-ethyl adjacent to an activating group) is 1. The van der Waals surface area contributed by atoms with Crippen LogP contribution in [0.3, 0.4) is 0 Å². The van der Waals surface area contributed by atoms with Gasteiger partial charge in [0.05, 0.1) is 5.69 Å². The second-order valence-electron chi connectivity index (χ2n) is 4.20. The molecule has 94 valence electrons. The van der Waals surface area contributed by atoms with Crippen LogP contribution in [0.4, 0.5) is 0 Å². The summed E-state index contributed by atoms with van der Waals surface area (Å²) in [5.74, 6) is -0.0696. The van der Waals surface area contributed by atoms with Gasteiger partial charge in [-0.25, -0.2) is 0 Å². The van der Waals surface area contributed by atoms with E-state index in [1.54, 1.807) is 24.2 Å².